The molecule has 1 fully saturated rings. The van der Waals surface area contributed by atoms with E-state index < -0.39 is 29.6 Å². The van der Waals surface area contributed by atoms with Gasteiger partial charge in [0.1, 0.15) is 5.25 Å². The summed E-state index contributed by atoms with van der Waals surface area (Å²) in [5.41, 5.74) is 0. The molecule has 0 aliphatic heterocycles. The molecule has 0 radical (unpaired) electrons. The third-order valence-electron chi connectivity index (χ3n) is 2.97. The number of amides is 1. The second-order valence-corrected chi connectivity index (χ2v) is 6.34. The molecule has 21 heavy (non-hydrogen) atoms. The van der Waals surface area contributed by atoms with Gasteiger partial charge in [-0.25, -0.2) is 4.79 Å². The van der Waals surface area contributed by atoms with Gasteiger partial charge in [-0.3, -0.25) is 9.59 Å². The zero-order valence-electron chi connectivity index (χ0n) is 12.2. The molecule has 1 aliphatic carbocycles. The molecule has 0 aromatic carbocycles. The number of nitrogens with one attached hydrogen (secondary N) is 1. The van der Waals surface area contributed by atoms with Gasteiger partial charge >= 0.3 is 18.0 Å². The van der Waals surface area contributed by atoms with Crippen LogP contribution >= 0.6 is 11.8 Å². The average Bonchev–Trinajstić information content (AvgIpc) is 2.85. The predicted molar refractivity (Wildman–Crippen MR) is 77.0 cm³/mol. The summed E-state index contributed by atoms with van der Waals surface area (Å²) in [6.45, 7) is 2.58. The molecule has 1 rings (SSSR count). The molecule has 0 spiro atoms. The molecule has 2 atom stereocenters. The Morgan fingerprint density at radius 3 is 2.43 bits per heavy atom. The first-order valence-corrected chi connectivity index (χ1v) is 7.82. The summed E-state index contributed by atoms with van der Waals surface area (Å²) < 4.78 is 9.41. The van der Waals surface area contributed by atoms with E-state index in [4.69, 9.17) is 9.84 Å². The molecule has 1 amide bonds. The molecule has 7 nitrogen and oxygen atoms in total. The number of esters is 1. The summed E-state index contributed by atoms with van der Waals surface area (Å²) in [7, 11) is 0. The van der Waals surface area contributed by atoms with Crippen LogP contribution < -0.4 is 5.32 Å². The number of hydrogen-bond donors (Lipinski definition) is 2. The number of thioether (sulfide) groups is 1. The molecule has 2 N–H and O–H groups in total. The van der Waals surface area contributed by atoms with Gasteiger partial charge in [0.25, 0.3) is 0 Å². The van der Waals surface area contributed by atoms with E-state index in [9.17, 15) is 14.4 Å². The lowest BCUT2D eigenvalue weighted by Crippen LogP contribution is -2.37. The van der Waals surface area contributed by atoms with Crippen molar-refractivity contribution in [3.8, 4) is 0 Å². The summed E-state index contributed by atoms with van der Waals surface area (Å²) in [6.07, 6.45) is 2.47. The SMILES string of the molecule is CC(=O)O[C@@H](C)OC(=O)NC[C@H](SC1CCCC1)C(=O)O. The number of carbonyl (C=O) groups excluding carboxylic acids is 2. The summed E-state index contributed by atoms with van der Waals surface area (Å²) in [5.74, 6) is -1.52. The number of carbonyl (C=O) groups is 3. The van der Waals surface area contributed by atoms with Crippen molar-refractivity contribution in [3.63, 3.8) is 0 Å². The average molecular weight is 319 g/mol. The fraction of sp³-hybridized carbons (Fsp3) is 0.769. The first kappa shape index (κ1) is 17.6. The van der Waals surface area contributed by atoms with Gasteiger partial charge in [-0.15, -0.1) is 11.8 Å². The van der Waals surface area contributed by atoms with Gasteiger partial charge in [0, 0.05) is 25.6 Å². The van der Waals surface area contributed by atoms with Gasteiger partial charge in [0.05, 0.1) is 0 Å². The Labute approximate surface area is 127 Å². The molecule has 0 aromatic rings. The van der Waals surface area contributed by atoms with E-state index >= 15 is 0 Å². The van der Waals surface area contributed by atoms with Crippen LogP contribution in [-0.2, 0) is 19.1 Å². The van der Waals surface area contributed by atoms with Crippen LogP contribution in [0.4, 0.5) is 4.79 Å². The number of ether oxygens (including phenoxy) is 2. The zero-order chi connectivity index (χ0) is 15.8. The van der Waals surface area contributed by atoms with Crippen molar-refractivity contribution >= 4 is 29.8 Å². The third kappa shape index (κ3) is 7.22. The molecule has 0 saturated heterocycles. The number of alkyl carbamates (subject to hydrolysis) is 1. The van der Waals surface area contributed by atoms with Crippen molar-refractivity contribution in [2.75, 3.05) is 6.54 Å². The minimum atomic E-state index is -1.01. The van der Waals surface area contributed by atoms with Crippen molar-refractivity contribution < 1.29 is 29.0 Å². The minimum Gasteiger partial charge on any atom is -0.480 e. The molecule has 1 saturated carbocycles. The molecule has 0 heterocycles. The van der Waals surface area contributed by atoms with Crippen LogP contribution in [0.25, 0.3) is 0 Å². The minimum absolute atomic E-state index is 0.0257. The molecular formula is C13H21NO6S. The molecule has 1 aliphatic rings. The Hall–Kier alpha value is -1.44. The van der Waals surface area contributed by atoms with Crippen molar-refractivity contribution in [1.29, 1.82) is 0 Å². The Kier molecular flexibility index (Phi) is 7.35. The summed E-state index contributed by atoms with van der Waals surface area (Å²) in [6, 6.07) is 0. The second-order valence-electron chi connectivity index (χ2n) is 4.83. The van der Waals surface area contributed by atoms with Crippen LogP contribution in [0, 0.1) is 0 Å². The zero-order valence-corrected chi connectivity index (χ0v) is 13.0. The topological polar surface area (TPSA) is 102 Å². The summed E-state index contributed by atoms with van der Waals surface area (Å²) in [4.78, 5) is 33.3. The van der Waals surface area contributed by atoms with Gasteiger partial charge in [0.2, 0.25) is 6.29 Å². The Balaban J connectivity index is 2.33. The highest BCUT2D eigenvalue weighted by Gasteiger charge is 2.26. The molecule has 0 aromatic heterocycles. The van der Waals surface area contributed by atoms with E-state index in [1.54, 1.807) is 0 Å². The summed E-state index contributed by atoms with van der Waals surface area (Å²) >= 11 is 1.38. The highest BCUT2D eigenvalue weighted by molar-refractivity contribution is 8.01. The van der Waals surface area contributed by atoms with E-state index in [2.05, 4.69) is 10.1 Å². The van der Waals surface area contributed by atoms with Gasteiger partial charge < -0.3 is 19.9 Å². The maximum Gasteiger partial charge on any atom is 0.410 e. The first-order valence-electron chi connectivity index (χ1n) is 6.88. The number of rotatable bonds is 7. The first-order chi connectivity index (χ1) is 9.88. The second kappa shape index (κ2) is 8.76. The molecule has 120 valence electrons. The molecular weight excluding hydrogens is 298 g/mol. The lowest BCUT2D eigenvalue weighted by molar-refractivity contribution is -0.162. The number of aliphatic carboxylic acids is 1. The van der Waals surface area contributed by atoms with E-state index in [0.29, 0.717) is 5.25 Å². The standard InChI is InChI=1S/C13H21NO6S/c1-8(15)19-9(2)20-13(18)14-7-11(12(16)17)21-10-5-3-4-6-10/h9-11H,3-7H2,1-2H3,(H,14,18)(H,16,17)/t9-,11+/m1/s1. The van der Waals surface area contributed by atoms with Crippen LogP contribution in [0.2, 0.25) is 0 Å². The van der Waals surface area contributed by atoms with Crippen LogP contribution in [0.15, 0.2) is 0 Å². The van der Waals surface area contributed by atoms with Crippen molar-refractivity contribution in [1.82, 2.24) is 5.32 Å². The number of hydrogen-bond acceptors (Lipinski definition) is 6. The van der Waals surface area contributed by atoms with Crippen LogP contribution in [0.3, 0.4) is 0 Å². The quantitative estimate of drug-likeness (QED) is 0.544. The largest absolute Gasteiger partial charge is 0.480 e. The number of carboxylic acids is 1. The van der Waals surface area contributed by atoms with Gasteiger partial charge in [-0.2, -0.15) is 0 Å². The lowest BCUT2D eigenvalue weighted by Gasteiger charge is -2.18. The Morgan fingerprint density at radius 1 is 1.29 bits per heavy atom. The predicted octanol–water partition coefficient (Wildman–Crippen LogP) is 1.75. The fourth-order valence-corrected chi connectivity index (χ4v) is 3.44. The maximum atomic E-state index is 11.5. The van der Waals surface area contributed by atoms with Gasteiger partial charge in [0.15, 0.2) is 0 Å². The molecule has 0 bridgehead atoms. The third-order valence-corrected chi connectivity index (χ3v) is 4.52. The lowest BCUT2D eigenvalue weighted by atomic mass is 10.4. The van der Waals surface area contributed by atoms with Crippen LogP contribution in [-0.4, -0.2) is 46.5 Å². The highest BCUT2D eigenvalue weighted by Crippen LogP contribution is 2.32. The Morgan fingerprint density at radius 2 is 1.90 bits per heavy atom. The van der Waals surface area contributed by atoms with Crippen molar-refractivity contribution in [2.45, 2.75) is 56.3 Å². The van der Waals surface area contributed by atoms with Crippen molar-refractivity contribution in [2.24, 2.45) is 0 Å². The molecule has 0 unspecified atom stereocenters. The van der Waals surface area contributed by atoms with Crippen molar-refractivity contribution in [3.05, 3.63) is 0 Å². The van der Waals surface area contributed by atoms with E-state index in [-0.39, 0.29) is 6.54 Å². The van der Waals surface area contributed by atoms with E-state index in [1.165, 1.54) is 25.6 Å². The molecule has 8 heteroatoms. The van der Waals surface area contributed by atoms with Gasteiger partial charge in [-0.05, 0) is 12.8 Å². The van der Waals surface area contributed by atoms with Crippen LogP contribution in [0.5, 0.6) is 0 Å². The van der Waals surface area contributed by atoms with Gasteiger partial charge in [-0.1, -0.05) is 12.8 Å². The normalized spacial score (nSPS) is 17.8. The summed E-state index contributed by atoms with van der Waals surface area (Å²) in [5, 5.41) is 11.2. The monoisotopic (exact) mass is 319 g/mol. The smallest absolute Gasteiger partial charge is 0.410 e. The fourth-order valence-electron chi connectivity index (χ4n) is 2.08. The number of carboxylic acid groups (broad SMARTS) is 1. The van der Waals surface area contributed by atoms with Crippen LogP contribution in [0.1, 0.15) is 39.5 Å². The highest BCUT2D eigenvalue weighted by atomic mass is 32.2. The maximum absolute atomic E-state index is 11.5. The Bertz CT molecular complexity index is 383. The van der Waals surface area contributed by atoms with E-state index in [1.807, 2.05) is 0 Å². The van der Waals surface area contributed by atoms with E-state index in [0.717, 1.165) is 25.7 Å².